The molecule has 0 amide bonds. The molecule has 18 heavy (non-hydrogen) atoms. The Morgan fingerprint density at radius 3 is 1.00 bits per heavy atom. The third-order valence-corrected chi connectivity index (χ3v) is 1.02. The van der Waals surface area contributed by atoms with Gasteiger partial charge in [0.05, 0.1) is 0 Å². The first-order valence-electron chi connectivity index (χ1n) is 5.82. The van der Waals surface area contributed by atoms with Crippen LogP contribution in [-0.2, 0) is 13.1 Å². The second-order valence-electron chi connectivity index (χ2n) is 7.87. The average Bonchev–Trinajstić information content (AvgIpc) is 2.16. The fourth-order valence-electron chi connectivity index (χ4n) is 0.385. The second-order valence-corrected chi connectivity index (χ2v) is 48.6. The van der Waals surface area contributed by atoms with Crippen LogP contribution in [0.3, 0.4) is 0 Å². The normalized spacial score (nSPS) is 13.5. The van der Waals surface area contributed by atoms with Crippen LogP contribution < -0.4 is 0 Å². The summed E-state index contributed by atoms with van der Waals surface area (Å²) in [5.74, 6) is 0. The van der Waals surface area contributed by atoms with E-state index in [2.05, 4.69) is 45.5 Å². The van der Waals surface area contributed by atoms with Gasteiger partial charge in [-0.1, -0.05) is 61.2 Å². The van der Waals surface area contributed by atoms with Crippen LogP contribution in [0.2, 0.25) is 32.4 Å². The molecule has 0 aliphatic carbocycles. The van der Waals surface area contributed by atoms with Gasteiger partial charge < -0.3 is 1.43 Å². The van der Waals surface area contributed by atoms with Crippen molar-refractivity contribution < 1.29 is 14.5 Å². The molecule has 1 heteroatoms. The molecule has 1 aromatic carbocycles. The van der Waals surface area contributed by atoms with Crippen LogP contribution in [0, 0.1) is 0 Å². The fraction of sp³-hybridized carbons (Fsp3) is 0.412. The van der Waals surface area contributed by atoms with Gasteiger partial charge >= 0.3 is 45.5 Å². The van der Waals surface area contributed by atoms with E-state index in [1.807, 2.05) is 43.3 Å². The van der Waals surface area contributed by atoms with Crippen LogP contribution in [0.4, 0.5) is 0 Å². The van der Waals surface area contributed by atoms with Crippen molar-refractivity contribution in [2.24, 2.45) is 0 Å². The van der Waals surface area contributed by atoms with E-state index < -0.39 is 13.1 Å². The largest absolute Gasteiger partial charge is 1.00 e. The van der Waals surface area contributed by atoms with E-state index in [9.17, 15) is 0 Å². The summed E-state index contributed by atoms with van der Waals surface area (Å²) in [6, 6.07) is 12.0. The quantitative estimate of drug-likeness (QED) is 0.425. The number of benzene rings is 1. The number of hydrogen-bond donors (Lipinski definition) is 0. The molecule has 0 saturated heterocycles. The summed E-state index contributed by atoms with van der Waals surface area (Å²) in [6.45, 7) is 8.93. The van der Waals surface area contributed by atoms with Gasteiger partial charge in [-0.05, 0) is 6.92 Å². The van der Waals surface area contributed by atoms with Gasteiger partial charge in [0.2, 0.25) is 0 Å². The molecule has 0 aliphatic heterocycles. The molecule has 108 valence electrons. The Morgan fingerprint density at radius 2 is 0.944 bits per heavy atom. The van der Waals surface area contributed by atoms with Crippen molar-refractivity contribution in [3.8, 4) is 0 Å². The van der Waals surface area contributed by atoms with Crippen molar-refractivity contribution in [3.05, 3.63) is 61.2 Å². The Labute approximate surface area is 115 Å². The summed E-state index contributed by atoms with van der Waals surface area (Å²) in [5, 5.41) is 14.6. The average molecular weight is 424 g/mol. The summed E-state index contributed by atoms with van der Waals surface area (Å²) in [6.07, 6.45) is 1.72. The van der Waals surface area contributed by atoms with Crippen molar-refractivity contribution in [3.63, 3.8) is 0 Å². The van der Waals surface area contributed by atoms with Crippen molar-refractivity contribution in [2.45, 2.75) is 39.3 Å². The zero-order chi connectivity index (χ0) is 14.9. The zero-order valence-electron chi connectivity index (χ0n) is 14.3. The fourth-order valence-corrected chi connectivity index (χ4v) is 0.385. The number of allylic oxidation sites excluding steroid dienone is 2. The smallest absolute Gasteiger partial charge is 0.0623 e. The van der Waals surface area contributed by atoms with Crippen LogP contribution in [0.1, 0.15) is 8.35 Å². The molecule has 0 atom stereocenters. The minimum Gasteiger partial charge on any atom is -1.00 e. The molecule has 1 aromatic rings. The van der Waals surface area contributed by atoms with Crippen molar-refractivity contribution in [2.75, 3.05) is 0 Å². The molecule has 0 nitrogen and oxygen atoms in total. The second kappa shape index (κ2) is 6.51. The Hall–Kier alpha value is -0.638. The number of hydrogen-bond acceptors (Lipinski definition) is 0. The third kappa shape index (κ3) is 58.5. The first-order chi connectivity index (χ1) is 7.72. The first kappa shape index (κ1) is 19.7. The summed E-state index contributed by atoms with van der Waals surface area (Å²) < 4.78 is 0. The van der Waals surface area contributed by atoms with E-state index in [1.165, 1.54) is 0 Å². The van der Waals surface area contributed by atoms with Crippen LogP contribution in [0.15, 0.2) is 61.2 Å². The molecule has 0 saturated carbocycles. The predicted molar refractivity (Wildman–Crippen MR) is 87.7 cm³/mol. The maximum Gasteiger partial charge on any atom is -0.0623 e. The van der Waals surface area contributed by atoms with Gasteiger partial charge in [0.1, 0.15) is 0 Å². The molecule has 0 N–H and O–H groups in total. The predicted octanol–water partition coefficient (Wildman–Crippen LogP) is 7.05. The van der Waals surface area contributed by atoms with E-state index in [0.717, 1.165) is 5.57 Å². The molecule has 0 spiro atoms. The maximum atomic E-state index is 3.56. The Kier molecular flexibility index (Phi) is 7.12. The first-order valence-corrected chi connectivity index (χ1v) is 22.1. The van der Waals surface area contributed by atoms with Gasteiger partial charge in [-0.25, -0.2) is 0 Å². The summed E-state index contributed by atoms with van der Waals surface area (Å²) in [7, 11) is 0. The Balaban J connectivity index is -0.000000200. The summed E-state index contributed by atoms with van der Waals surface area (Å²) >= 11 is -2.26. The van der Waals surface area contributed by atoms with Crippen LogP contribution in [0.5, 0.6) is 0 Å². The molecule has 0 fully saturated rings. The Bertz CT molecular complexity index is 316. The molecule has 0 unspecified atom stereocenters. The van der Waals surface area contributed by atoms with Gasteiger partial charge in [-0.15, -0.1) is 0 Å². The van der Waals surface area contributed by atoms with Gasteiger partial charge in [0.25, 0.3) is 0 Å². The minimum absolute atomic E-state index is 0. The molecule has 0 bridgehead atoms. The molecule has 1 rings (SSSR count). The van der Waals surface area contributed by atoms with Crippen molar-refractivity contribution in [1.82, 2.24) is 0 Å². The molecular weight excluding hydrogens is 390 g/mol. The summed E-state index contributed by atoms with van der Waals surface area (Å²) in [5.41, 5.74) is 1.02. The van der Waals surface area contributed by atoms with E-state index in [1.54, 1.807) is 6.08 Å². The van der Waals surface area contributed by atoms with E-state index in [-0.39, 0.29) is 1.43 Å². The molecule has 0 heterocycles. The minimum atomic E-state index is -2.26. The van der Waals surface area contributed by atoms with Crippen LogP contribution >= 0.6 is 0 Å². The van der Waals surface area contributed by atoms with Gasteiger partial charge in [-0.2, -0.15) is 0 Å². The zero-order valence-corrected chi connectivity index (χ0v) is 16.0. The maximum absolute atomic E-state index is 3.56. The Morgan fingerprint density at radius 1 is 0.833 bits per heavy atom. The van der Waals surface area contributed by atoms with Gasteiger partial charge in [0, 0.05) is 0 Å². The van der Waals surface area contributed by atoms with E-state index in [4.69, 9.17) is 0 Å². The SMILES string of the molecule is C=CC(=C)C.[CH3][Re+]([CH3])([CH3])([CH3])([CH3])[CH3].[H-].c1ccccc1. The third-order valence-electron chi connectivity index (χ3n) is 1.02. The standard InChI is InChI=1S/C6H6.C5H8.6CH3.Re.H/c1-2-4-6-5-3-1;1-4-5(2)3;;;;;;;;/h1-6H;4H,1-2H2,3H3;6*1H3;;/q;;;;;;;;+1;-1. The molecule has 0 aromatic heterocycles. The molecule has 0 aliphatic rings. The van der Waals surface area contributed by atoms with E-state index in [0.29, 0.717) is 0 Å². The van der Waals surface area contributed by atoms with Crippen LogP contribution in [0.25, 0.3) is 0 Å². The van der Waals surface area contributed by atoms with Crippen molar-refractivity contribution in [1.29, 1.82) is 0 Å². The topological polar surface area (TPSA) is 0 Å². The summed E-state index contributed by atoms with van der Waals surface area (Å²) in [4.78, 5) is 0. The van der Waals surface area contributed by atoms with Crippen LogP contribution in [-0.4, -0.2) is 0 Å². The van der Waals surface area contributed by atoms with Gasteiger partial charge in [0.15, 0.2) is 0 Å². The molecular formula is C17H33Re. The van der Waals surface area contributed by atoms with Gasteiger partial charge in [-0.3, -0.25) is 0 Å². The molecule has 0 radical (unpaired) electrons. The number of rotatable bonds is 1. The van der Waals surface area contributed by atoms with Crippen molar-refractivity contribution >= 4 is 0 Å². The monoisotopic (exact) mass is 424 g/mol. The van der Waals surface area contributed by atoms with E-state index >= 15 is 0 Å².